The minimum atomic E-state index is -0.713. The van der Waals surface area contributed by atoms with E-state index in [0.717, 1.165) is 11.8 Å². The number of carbonyl (C=O) groups is 2. The van der Waals surface area contributed by atoms with Gasteiger partial charge in [-0.25, -0.2) is 9.78 Å². The first kappa shape index (κ1) is 22.7. The number of halogens is 2. The minimum Gasteiger partial charge on any atom is -0.443 e. The Labute approximate surface area is 190 Å². The number of aromatic nitrogens is 2. The second-order valence-electron chi connectivity index (χ2n) is 7.77. The number of benzene rings is 2. The Balaban J connectivity index is 2.02. The second kappa shape index (κ2) is 9.45. The summed E-state index contributed by atoms with van der Waals surface area (Å²) in [6.45, 7) is 5.39. The smallest absolute Gasteiger partial charge is 0.416 e. The van der Waals surface area contributed by atoms with Crippen LogP contribution in [0.15, 0.2) is 54.9 Å². The normalized spacial score (nSPS) is 11.1. The summed E-state index contributed by atoms with van der Waals surface area (Å²) >= 11 is 12.7. The van der Waals surface area contributed by atoms with Crippen LogP contribution in [0.3, 0.4) is 0 Å². The van der Waals surface area contributed by atoms with Crippen molar-refractivity contribution in [1.82, 2.24) is 9.97 Å². The van der Waals surface area contributed by atoms with Crippen LogP contribution in [0, 0.1) is 0 Å². The van der Waals surface area contributed by atoms with Gasteiger partial charge in [-0.1, -0.05) is 53.5 Å². The maximum absolute atomic E-state index is 13.0. The quantitative estimate of drug-likeness (QED) is 0.426. The van der Waals surface area contributed by atoms with Gasteiger partial charge in [-0.2, -0.15) is 0 Å². The van der Waals surface area contributed by atoms with Gasteiger partial charge < -0.3 is 4.74 Å². The SMILES string of the molecule is CC(C)(C)OC(=O)N(Cc1c(Cl)cccc1Cl)c1cncc(-c2ccc(C=O)cc2)n1. The Morgan fingerprint density at radius 2 is 1.71 bits per heavy atom. The molecule has 0 fully saturated rings. The molecule has 0 radical (unpaired) electrons. The number of anilines is 1. The van der Waals surface area contributed by atoms with Gasteiger partial charge in [0.1, 0.15) is 11.9 Å². The molecule has 160 valence electrons. The monoisotopic (exact) mass is 457 g/mol. The van der Waals surface area contributed by atoms with Gasteiger partial charge in [-0.15, -0.1) is 0 Å². The van der Waals surface area contributed by atoms with Crippen LogP contribution in [-0.4, -0.2) is 27.9 Å². The van der Waals surface area contributed by atoms with Crippen molar-refractivity contribution in [2.45, 2.75) is 32.9 Å². The van der Waals surface area contributed by atoms with E-state index in [1.165, 1.54) is 11.1 Å². The molecule has 1 amide bonds. The zero-order valence-corrected chi connectivity index (χ0v) is 18.8. The molecule has 1 aromatic heterocycles. The number of ether oxygens (including phenoxy) is 1. The van der Waals surface area contributed by atoms with Crippen LogP contribution in [0.1, 0.15) is 36.7 Å². The summed E-state index contributed by atoms with van der Waals surface area (Å²) < 4.78 is 5.58. The molecule has 0 aliphatic rings. The van der Waals surface area contributed by atoms with Crippen LogP contribution in [0.5, 0.6) is 0 Å². The van der Waals surface area contributed by atoms with E-state index in [0.29, 0.717) is 26.9 Å². The molecule has 0 spiro atoms. The number of hydrogen-bond donors (Lipinski definition) is 0. The lowest BCUT2D eigenvalue weighted by atomic mass is 10.1. The number of hydrogen-bond acceptors (Lipinski definition) is 5. The van der Waals surface area contributed by atoms with E-state index in [1.54, 1.807) is 69.4 Å². The van der Waals surface area contributed by atoms with Crippen molar-refractivity contribution in [3.8, 4) is 11.3 Å². The fourth-order valence-electron chi connectivity index (χ4n) is 2.75. The van der Waals surface area contributed by atoms with E-state index in [1.807, 2.05) is 0 Å². The fourth-order valence-corrected chi connectivity index (χ4v) is 3.27. The molecule has 31 heavy (non-hydrogen) atoms. The van der Waals surface area contributed by atoms with Crippen molar-refractivity contribution < 1.29 is 14.3 Å². The topological polar surface area (TPSA) is 72.4 Å². The highest BCUT2D eigenvalue weighted by atomic mass is 35.5. The maximum Gasteiger partial charge on any atom is 0.416 e. The molecule has 0 aliphatic carbocycles. The van der Waals surface area contributed by atoms with Gasteiger partial charge in [-0.3, -0.25) is 14.7 Å². The van der Waals surface area contributed by atoms with Crippen LogP contribution in [-0.2, 0) is 11.3 Å². The molecule has 0 N–H and O–H groups in total. The van der Waals surface area contributed by atoms with Crippen LogP contribution in [0.4, 0.5) is 10.6 Å². The minimum absolute atomic E-state index is 0.0512. The van der Waals surface area contributed by atoms with Gasteiger partial charge in [-0.05, 0) is 32.9 Å². The summed E-state index contributed by atoms with van der Waals surface area (Å²) in [6.07, 6.45) is 3.21. The molecular formula is C23H21Cl2N3O3. The number of amides is 1. The molecule has 0 unspecified atom stereocenters. The third-order valence-electron chi connectivity index (χ3n) is 4.23. The number of rotatable bonds is 5. The highest BCUT2D eigenvalue weighted by molar-refractivity contribution is 6.36. The first-order chi connectivity index (χ1) is 14.7. The molecule has 0 bridgehead atoms. The van der Waals surface area contributed by atoms with E-state index in [-0.39, 0.29) is 12.4 Å². The van der Waals surface area contributed by atoms with Crippen molar-refractivity contribution in [3.05, 3.63) is 76.0 Å². The molecule has 6 nitrogen and oxygen atoms in total. The number of nitrogens with zero attached hydrogens (tertiary/aromatic N) is 3. The molecule has 0 saturated carbocycles. The van der Waals surface area contributed by atoms with Crippen LogP contribution >= 0.6 is 23.2 Å². The molecular weight excluding hydrogens is 437 g/mol. The van der Waals surface area contributed by atoms with Crippen LogP contribution in [0.2, 0.25) is 10.0 Å². The molecule has 1 heterocycles. The van der Waals surface area contributed by atoms with Crippen LogP contribution < -0.4 is 4.90 Å². The Morgan fingerprint density at radius 3 is 2.29 bits per heavy atom. The van der Waals surface area contributed by atoms with Crippen molar-refractivity contribution >= 4 is 41.4 Å². The predicted octanol–water partition coefficient (Wildman–Crippen LogP) is 6.20. The zero-order valence-electron chi connectivity index (χ0n) is 17.3. The lowest BCUT2D eigenvalue weighted by Crippen LogP contribution is -2.37. The molecule has 2 aromatic carbocycles. The summed E-state index contributed by atoms with van der Waals surface area (Å²) in [7, 11) is 0. The fraction of sp³-hybridized carbons (Fsp3) is 0.217. The molecule has 8 heteroatoms. The number of carbonyl (C=O) groups excluding carboxylic acids is 2. The Hall–Kier alpha value is -2.96. The van der Waals surface area contributed by atoms with Gasteiger partial charge in [0, 0.05) is 26.7 Å². The Kier molecular flexibility index (Phi) is 6.93. The lowest BCUT2D eigenvalue weighted by molar-refractivity contribution is 0.0576. The average molecular weight is 458 g/mol. The molecule has 3 aromatic rings. The summed E-state index contributed by atoms with van der Waals surface area (Å²) in [5, 5.41) is 0.851. The van der Waals surface area contributed by atoms with E-state index in [9.17, 15) is 9.59 Å². The largest absolute Gasteiger partial charge is 0.443 e. The predicted molar refractivity (Wildman–Crippen MR) is 122 cm³/mol. The molecule has 0 saturated heterocycles. The summed E-state index contributed by atoms with van der Waals surface area (Å²) in [5.74, 6) is 0.280. The zero-order chi connectivity index (χ0) is 22.6. The van der Waals surface area contributed by atoms with E-state index in [4.69, 9.17) is 27.9 Å². The maximum atomic E-state index is 13.0. The molecule has 3 rings (SSSR count). The molecule has 0 aliphatic heterocycles. The third kappa shape index (κ3) is 5.81. The highest BCUT2D eigenvalue weighted by Gasteiger charge is 2.26. The Bertz CT molecular complexity index is 1080. The standard InChI is InChI=1S/C23H21Cl2N3O3/c1-23(2,3)31-22(30)28(13-17-18(24)5-4-6-19(17)25)21-12-26-11-20(27-21)16-9-7-15(14-29)8-10-16/h4-12,14H,13H2,1-3H3. The summed E-state index contributed by atoms with van der Waals surface area (Å²) in [4.78, 5) is 34.1. The van der Waals surface area contributed by atoms with Crippen molar-refractivity contribution in [2.75, 3.05) is 4.90 Å². The van der Waals surface area contributed by atoms with Crippen molar-refractivity contribution in [1.29, 1.82) is 0 Å². The van der Waals surface area contributed by atoms with E-state index >= 15 is 0 Å². The van der Waals surface area contributed by atoms with E-state index < -0.39 is 11.7 Å². The van der Waals surface area contributed by atoms with Crippen LogP contribution in [0.25, 0.3) is 11.3 Å². The average Bonchev–Trinajstić information content (AvgIpc) is 2.72. The Morgan fingerprint density at radius 1 is 1.06 bits per heavy atom. The third-order valence-corrected chi connectivity index (χ3v) is 4.94. The van der Waals surface area contributed by atoms with Gasteiger partial charge in [0.05, 0.1) is 24.6 Å². The van der Waals surface area contributed by atoms with Gasteiger partial charge in [0.2, 0.25) is 0 Å². The highest BCUT2D eigenvalue weighted by Crippen LogP contribution is 2.29. The van der Waals surface area contributed by atoms with Gasteiger partial charge in [0.25, 0.3) is 0 Å². The number of aldehydes is 1. The van der Waals surface area contributed by atoms with Crippen molar-refractivity contribution in [2.24, 2.45) is 0 Å². The van der Waals surface area contributed by atoms with E-state index in [2.05, 4.69) is 9.97 Å². The van der Waals surface area contributed by atoms with Gasteiger partial charge >= 0.3 is 6.09 Å². The van der Waals surface area contributed by atoms with Gasteiger partial charge in [0.15, 0.2) is 5.82 Å². The summed E-state index contributed by atoms with van der Waals surface area (Å²) in [5.41, 5.74) is 1.69. The first-order valence-electron chi connectivity index (χ1n) is 9.49. The second-order valence-corrected chi connectivity index (χ2v) is 8.58. The van der Waals surface area contributed by atoms with Crippen molar-refractivity contribution in [3.63, 3.8) is 0 Å². The lowest BCUT2D eigenvalue weighted by Gasteiger charge is -2.27. The molecule has 0 atom stereocenters. The first-order valence-corrected chi connectivity index (χ1v) is 10.2. The summed E-state index contributed by atoms with van der Waals surface area (Å²) in [6, 6.07) is 12.0.